The van der Waals surface area contributed by atoms with E-state index in [0.29, 0.717) is 19.6 Å². The fourth-order valence-electron chi connectivity index (χ4n) is 2.15. The number of aliphatic carboxylic acids is 1. The molecule has 25 heavy (non-hydrogen) atoms. The second-order valence-corrected chi connectivity index (χ2v) is 5.42. The molecule has 2 aromatic carbocycles. The molecule has 6 heteroatoms. The molecule has 0 heterocycles. The molecule has 0 amide bonds. The van der Waals surface area contributed by atoms with Crippen molar-refractivity contribution in [1.82, 2.24) is 0 Å². The molecule has 0 aliphatic rings. The van der Waals surface area contributed by atoms with E-state index in [4.69, 9.17) is 14.6 Å². The summed E-state index contributed by atoms with van der Waals surface area (Å²) in [6, 6.07) is 12.9. The van der Waals surface area contributed by atoms with Crippen LogP contribution in [0, 0.1) is 6.92 Å². The van der Waals surface area contributed by atoms with Crippen LogP contribution in [0.4, 0.5) is 11.4 Å². The fraction of sp³-hybridized carbons (Fsp3) is 0.316. The molecular formula is C19H22N2O4. The lowest BCUT2D eigenvalue weighted by Crippen LogP contribution is -2.02. The van der Waals surface area contributed by atoms with Gasteiger partial charge in [-0.05, 0) is 68.3 Å². The number of azo groups is 1. The Morgan fingerprint density at radius 2 is 1.72 bits per heavy atom. The molecule has 0 unspecified atom stereocenters. The maximum atomic E-state index is 10.5. The highest BCUT2D eigenvalue weighted by Crippen LogP contribution is 2.26. The molecule has 0 fully saturated rings. The second kappa shape index (κ2) is 9.42. The van der Waals surface area contributed by atoms with Crippen molar-refractivity contribution in [3.8, 4) is 11.5 Å². The van der Waals surface area contributed by atoms with E-state index in [9.17, 15) is 4.79 Å². The van der Waals surface area contributed by atoms with Crippen LogP contribution in [-0.4, -0.2) is 24.3 Å². The number of carboxylic acids is 1. The molecule has 0 aliphatic carbocycles. The number of benzene rings is 2. The Labute approximate surface area is 147 Å². The lowest BCUT2D eigenvalue weighted by Gasteiger charge is -2.08. The number of rotatable bonds is 9. The van der Waals surface area contributed by atoms with Crippen molar-refractivity contribution in [3.63, 3.8) is 0 Å². The van der Waals surface area contributed by atoms with Crippen molar-refractivity contribution in [3.05, 3.63) is 48.0 Å². The molecule has 0 spiro atoms. The fourth-order valence-corrected chi connectivity index (χ4v) is 2.15. The van der Waals surface area contributed by atoms with E-state index in [1.54, 1.807) is 0 Å². The van der Waals surface area contributed by atoms with Gasteiger partial charge in [-0.3, -0.25) is 4.79 Å². The van der Waals surface area contributed by atoms with Crippen LogP contribution in [0.5, 0.6) is 11.5 Å². The number of hydrogen-bond acceptors (Lipinski definition) is 5. The van der Waals surface area contributed by atoms with E-state index in [1.165, 1.54) is 0 Å². The van der Waals surface area contributed by atoms with E-state index >= 15 is 0 Å². The summed E-state index contributed by atoms with van der Waals surface area (Å²) in [5.41, 5.74) is 2.40. The molecule has 0 bridgehead atoms. The lowest BCUT2D eigenvalue weighted by atomic mass is 10.2. The van der Waals surface area contributed by atoms with Gasteiger partial charge in [0.2, 0.25) is 0 Å². The van der Waals surface area contributed by atoms with Crippen LogP contribution in [0.3, 0.4) is 0 Å². The molecule has 0 atom stereocenters. The predicted molar refractivity (Wildman–Crippen MR) is 95.3 cm³/mol. The molecule has 2 rings (SSSR count). The zero-order valence-corrected chi connectivity index (χ0v) is 14.4. The molecule has 0 saturated heterocycles. The van der Waals surface area contributed by atoms with Gasteiger partial charge in [-0.15, -0.1) is 0 Å². The Kier molecular flexibility index (Phi) is 6.95. The minimum absolute atomic E-state index is 0.105. The van der Waals surface area contributed by atoms with Crippen LogP contribution >= 0.6 is 0 Å². The van der Waals surface area contributed by atoms with Crippen LogP contribution in [-0.2, 0) is 4.79 Å². The summed E-state index contributed by atoms with van der Waals surface area (Å²) in [7, 11) is 0. The van der Waals surface area contributed by atoms with E-state index < -0.39 is 5.97 Å². The van der Waals surface area contributed by atoms with Crippen molar-refractivity contribution in [2.45, 2.75) is 26.7 Å². The largest absolute Gasteiger partial charge is 0.494 e. The van der Waals surface area contributed by atoms with Gasteiger partial charge in [0.25, 0.3) is 0 Å². The predicted octanol–water partition coefficient (Wildman–Crippen LogP) is 5.05. The quantitative estimate of drug-likeness (QED) is 0.510. The molecule has 0 aromatic heterocycles. The maximum absolute atomic E-state index is 10.5. The van der Waals surface area contributed by atoms with Gasteiger partial charge in [0.1, 0.15) is 11.5 Å². The van der Waals surface area contributed by atoms with Crippen molar-refractivity contribution in [1.29, 1.82) is 0 Å². The first-order valence-corrected chi connectivity index (χ1v) is 8.18. The van der Waals surface area contributed by atoms with Crippen molar-refractivity contribution in [2.75, 3.05) is 13.2 Å². The second-order valence-electron chi connectivity index (χ2n) is 5.42. The molecule has 1 N–H and O–H groups in total. The number of carbonyl (C=O) groups is 1. The minimum atomic E-state index is -0.814. The van der Waals surface area contributed by atoms with Gasteiger partial charge in [0.15, 0.2) is 0 Å². The molecule has 0 saturated carbocycles. The van der Waals surface area contributed by atoms with Crippen molar-refractivity contribution < 1.29 is 19.4 Å². The van der Waals surface area contributed by atoms with Crippen LogP contribution in [0.1, 0.15) is 25.3 Å². The summed E-state index contributed by atoms with van der Waals surface area (Å²) in [5, 5.41) is 17.0. The number of ether oxygens (including phenoxy) is 2. The topological polar surface area (TPSA) is 80.5 Å². The third-order valence-corrected chi connectivity index (χ3v) is 3.38. The van der Waals surface area contributed by atoms with Crippen LogP contribution in [0.15, 0.2) is 52.7 Å². The molecule has 6 nitrogen and oxygen atoms in total. The minimum Gasteiger partial charge on any atom is -0.494 e. The molecular weight excluding hydrogens is 320 g/mol. The SMILES string of the molecule is CCOc1ccc(N=Nc2ccc(OCCCC(=O)O)c(C)c2)cc1. The highest BCUT2D eigenvalue weighted by molar-refractivity contribution is 5.66. The van der Waals surface area contributed by atoms with Gasteiger partial charge in [0.05, 0.1) is 24.6 Å². The Bertz CT molecular complexity index is 727. The van der Waals surface area contributed by atoms with Gasteiger partial charge in [-0.1, -0.05) is 0 Å². The van der Waals surface area contributed by atoms with Gasteiger partial charge in [-0.25, -0.2) is 0 Å². The third kappa shape index (κ3) is 6.25. The number of hydrogen-bond donors (Lipinski definition) is 1. The zero-order chi connectivity index (χ0) is 18.1. The molecule has 0 radical (unpaired) electrons. The third-order valence-electron chi connectivity index (χ3n) is 3.38. The molecule has 0 aliphatic heterocycles. The summed E-state index contributed by atoms with van der Waals surface area (Å²) in [4.78, 5) is 10.5. The number of aryl methyl sites for hydroxylation is 1. The van der Waals surface area contributed by atoms with E-state index in [1.807, 2.05) is 56.3 Å². The average molecular weight is 342 g/mol. The monoisotopic (exact) mass is 342 g/mol. The highest BCUT2D eigenvalue weighted by atomic mass is 16.5. The van der Waals surface area contributed by atoms with Gasteiger partial charge < -0.3 is 14.6 Å². The average Bonchev–Trinajstić information content (AvgIpc) is 2.59. The smallest absolute Gasteiger partial charge is 0.303 e. The first kappa shape index (κ1) is 18.4. The summed E-state index contributed by atoms with van der Waals surface area (Å²) in [6.07, 6.45) is 0.585. The summed E-state index contributed by atoms with van der Waals surface area (Å²) in [6.45, 7) is 4.86. The van der Waals surface area contributed by atoms with Gasteiger partial charge >= 0.3 is 5.97 Å². The van der Waals surface area contributed by atoms with Gasteiger partial charge in [-0.2, -0.15) is 10.2 Å². The summed E-state index contributed by atoms with van der Waals surface area (Å²) >= 11 is 0. The maximum Gasteiger partial charge on any atom is 0.303 e. The molecule has 132 valence electrons. The standard InChI is InChI=1S/C19H22N2O4/c1-3-24-17-9-6-15(7-10-17)20-21-16-8-11-18(14(2)13-16)25-12-4-5-19(22)23/h6-11,13H,3-5,12H2,1-2H3,(H,22,23). The van der Waals surface area contributed by atoms with Crippen LogP contribution in [0.2, 0.25) is 0 Å². The van der Waals surface area contributed by atoms with Crippen molar-refractivity contribution in [2.24, 2.45) is 10.2 Å². The van der Waals surface area contributed by atoms with Gasteiger partial charge in [0, 0.05) is 6.42 Å². The van der Waals surface area contributed by atoms with E-state index in [0.717, 1.165) is 28.4 Å². The highest BCUT2D eigenvalue weighted by Gasteiger charge is 2.03. The Hall–Kier alpha value is -2.89. The molecule has 2 aromatic rings. The van der Waals surface area contributed by atoms with Crippen LogP contribution < -0.4 is 9.47 Å². The number of carboxylic acid groups (broad SMARTS) is 1. The normalized spacial score (nSPS) is 10.8. The van der Waals surface area contributed by atoms with E-state index in [-0.39, 0.29) is 6.42 Å². The lowest BCUT2D eigenvalue weighted by molar-refractivity contribution is -0.137. The Morgan fingerprint density at radius 3 is 2.36 bits per heavy atom. The van der Waals surface area contributed by atoms with Crippen LogP contribution in [0.25, 0.3) is 0 Å². The summed E-state index contributed by atoms with van der Waals surface area (Å²) in [5.74, 6) is 0.720. The Morgan fingerprint density at radius 1 is 1.04 bits per heavy atom. The van der Waals surface area contributed by atoms with E-state index in [2.05, 4.69) is 10.2 Å². The van der Waals surface area contributed by atoms with Crippen molar-refractivity contribution >= 4 is 17.3 Å². The first-order valence-electron chi connectivity index (χ1n) is 8.18. The first-order chi connectivity index (χ1) is 12.1. The zero-order valence-electron chi connectivity index (χ0n) is 14.4. The Balaban J connectivity index is 1.94. The summed E-state index contributed by atoms with van der Waals surface area (Å²) < 4.78 is 11.0. The number of nitrogens with zero attached hydrogens (tertiary/aromatic N) is 2.